The van der Waals surface area contributed by atoms with E-state index in [-0.39, 0.29) is 18.0 Å². The second-order valence-electron chi connectivity index (χ2n) is 9.52. The first kappa shape index (κ1) is 25.6. The fourth-order valence-corrected chi connectivity index (χ4v) is 4.75. The lowest BCUT2D eigenvalue weighted by Gasteiger charge is -2.26. The molecule has 0 bridgehead atoms. The van der Waals surface area contributed by atoms with Crippen LogP contribution in [-0.2, 0) is 0 Å². The zero-order valence-electron chi connectivity index (χ0n) is 21.5. The number of carbonyl (C=O) groups is 1. The Morgan fingerprint density at radius 2 is 1.42 bits per heavy atom. The molecule has 1 aliphatic heterocycles. The molecular weight excluding hydrogens is 448 g/mol. The maximum absolute atomic E-state index is 12.6. The maximum atomic E-state index is 12.6. The summed E-state index contributed by atoms with van der Waals surface area (Å²) in [4.78, 5) is 12.6. The molecule has 2 aliphatic rings. The molecule has 3 aromatic carbocycles. The number of anilines is 1. The molecule has 36 heavy (non-hydrogen) atoms. The minimum Gasteiger partial charge on any atom is -0.486 e. The largest absolute Gasteiger partial charge is 0.486 e. The van der Waals surface area contributed by atoms with Crippen LogP contribution < -0.4 is 20.1 Å². The molecule has 3 aromatic rings. The van der Waals surface area contributed by atoms with Crippen LogP contribution in [0.5, 0.6) is 11.5 Å². The molecule has 2 amide bonds. The Hall–Kier alpha value is -3.47. The number of hydrogen-bond acceptors (Lipinski definition) is 3. The fourth-order valence-electron chi connectivity index (χ4n) is 4.75. The molecule has 1 aliphatic carbocycles. The van der Waals surface area contributed by atoms with Gasteiger partial charge in [0.1, 0.15) is 13.2 Å². The molecule has 0 saturated heterocycles. The molecule has 5 heteroatoms. The van der Waals surface area contributed by atoms with Crippen molar-refractivity contribution >= 4 is 11.7 Å². The van der Waals surface area contributed by atoms with Crippen molar-refractivity contribution in [2.24, 2.45) is 0 Å². The first-order valence-corrected chi connectivity index (χ1v) is 13.3. The van der Waals surface area contributed by atoms with Gasteiger partial charge in [-0.3, -0.25) is 0 Å². The summed E-state index contributed by atoms with van der Waals surface area (Å²) in [5.41, 5.74) is 4.14. The van der Waals surface area contributed by atoms with E-state index in [4.69, 9.17) is 9.47 Å². The van der Waals surface area contributed by atoms with Crippen molar-refractivity contribution in [2.45, 2.75) is 64.3 Å². The third-order valence-corrected chi connectivity index (χ3v) is 6.95. The smallest absolute Gasteiger partial charge is 0.319 e. The molecule has 0 aromatic heterocycles. The van der Waals surface area contributed by atoms with E-state index in [2.05, 4.69) is 36.6 Å². The fraction of sp³-hybridized carbons (Fsp3) is 0.387. The van der Waals surface area contributed by atoms with E-state index in [1.165, 1.54) is 32.1 Å². The topological polar surface area (TPSA) is 59.6 Å². The SMILES string of the molecule is C1CCCC1.CCC(NC(=O)Nc1ccc(-c2ccccc2)cc1)C(C)c1ccc2c(c1)OCCO2. The van der Waals surface area contributed by atoms with E-state index in [1.54, 1.807) is 0 Å². The monoisotopic (exact) mass is 486 g/mol. The Morgan fingerprint density at radius 3 is 2.06 bits per heavy atom. The van der Waals surface area contributed by atoms with Gasteiger partial charge in [0.05, 0.1) is 0 Å². The first-order valence-electron chi connectivity index (χ1n) is 13.3. The van der Waals surface area contributed by atoms with Crippen LogP contribution in [0, 0.1) is 0 Å². The van der Waals surface area contributed by atoms with Gasteiger partial charge in [-0.2, -0.15) is 0 Å². The summed E-state index contributed by atoms with van der Waals surface area (Å²) in [7, 11) is 0. The summed E-state index contributed by atoms with van der Waals surface area (Å²) in [6, 6.07) is 23.8. The van der Waals surface area contributed by atoms with E-state index < -0.39 is 0 Å². The predicted octanol–water partition coefficient (Wildman–Crippen LogP) is 7.78. The van der Waals surface area contributed by atoms with Gasteiger partial charge in [0.2, 0.25) is 0 Å². The number of hydrogen-bond donors (Lipinski definition) is 2. The highest BCUT2D eigenvalue weighted by molar-refractivity contribution is 5.89. The van der Waals surface area contributed by atoms with Gasteiger partial charge < -0.3 is 20.1 Å². The van der Waals surface area contributed by atoms with Gasteiger partial charge in [-0.25, -0.2) is 4.79 Å². The molecular formula is C31H38N2O3. The van der Waals surface area contributed by atoms with Crippen molar-refractivity contribution in [3.63, 3.8) is 0 Å². The number of urea groups is 1. The highest BCUT2D eigenvalue weighted by Gasteiger charge is 2.22. The van der Waals surface area contributed by atoms with Crippen LogP contribution in [0.25, 0.3) is 11.1 Å². The van der Waals surface area contributed by atoms with Gasteiger partial charge in [-0.15, -0.1) is 0 Å². The number of fused-ring (bicyclic) bond motifs is 1. The Morgan fingerprint density at radius 1 is 0.806 bits per heavy atom. The second kappa shape index (κ2) is 13.0. The Bertz CT molecular complexity index is 1090. The Kier molecular flexibility index (Phi) is 9.26. The van der Waals surface area contributed by atoms with Crippen molar-refractivity contribution in [3.05, 3.63) is 78.4 Å². The predicted molar refractivity (Wildman–Crippen MR) is 147 cm³/mol. The average Bonchev–Trinajstić information content (AvgIpc) is 3.52. The molecule has 2 N–H and O–H groups in total. The lowest BCUT2D eigenvalue weighted by Crippen LogP contribution is -2.40. The number of amides is 2. The van der Waals surface area contributed by atoms with Crippen molar-refractivity contribution in [1.29, 1.82) is 0 Å². The van der Waals surface area contributed by atoms with Gasteiger partial charge in [-0.1, -0.05) is 94.5 Å². The van der Waals surface area contributed by atoms with Crippen molar-refractivity contribution in [3.8, 4) is 22.6 Å². The van der Waals surface area contributed by atoms with Gasteiger partial charge in [0.25, 0.3) is 0 Å². The van der Waals surface area contributed by atoms with E-state index in [0.29, 0.717) is 13.2 Å². The lowest BCUT2D eigenvalue weighted by atomic mass is 9.91. The van der Waals surface area contributed by atoms with Crippen LogP contribution in [-0.4, -0.2) is 25.3 Å². The van der Waals surface area contributed by atoms with Crippen LogP contribution >= 0.6 is 0 Å². The van der Waals surface area contributed by atoms with Crippen LogP contribution in [0.4, 0.5) is 10.5 Å². The quantitative estimate of drug-likeness (QED) is 0.374. The minimum atomic E-state index is -0.205. The number of benzene rings is 3. The highest BCUT2D eigenvalue weighted by atomic mass is 16.6. The summed E-state index contributed by atoms with van der Waals surface area (Å²) in [6.07, 6.45) is 8.32. The van der Waals surface area contributed by atoms with Gasteiger partial charge >= 0.3 is 6.03 Å². The molecule has 2 unspecified atom stereocenters. The van der Waals surface area contributed by atoms with Crippen molar-refractivity contribution in [1.82, 2.24) is 5.32 Å². The third-order valence-electron chi connectivity index (χ3n) is 6.95. The Balaban J connectivity index is 0.000000543. The second-order valence-corrected chi connectivity index (χ2v) is 9.52. The average molecular weight is 487 g/mol. The van der Waals surface area contributed by atoms with Crippen LogP contribution in [0.15, 0.2) is 72.8 Å². The molecule has 5 nitrogen and oxygen atoms in total. The van der Waals surface area contributed by atoms with E-state index >= 15 is 0 Å². The molecule has 1 fully saturated rings. The van der Waals surface area contributed by atoms with Gasteiger partial charge in [-0.05, 0) is 47.4 Å². The van der Waals surface area contributed by atoms with E-state index in [1.807, 2.05) is 60.7 Å². The molecule has 190 valence electrons. The lowest BCUT2D eigenvalue weighted by molar-refractivity contribution is 0.171. The maximum Gasteiger partial charge on any atom is 0.319 e. The summed E-state index contributed by atoms with van der Waals surface area (Å²) >= 11 is 0. The highest BCUT2D eigenvalue weighted by Crippen LogP contribution is 2.34. The summed E-state index contributed by atoms with van der Waals surface area (Å²) in [5.74, 6) is 1.68. The van der Waals surface area contributed by atoms with Crippen molar-refractivity contribution < 1.29 is 14.3 Å². The number of carbonyl (C=O) groups excluding carboxylic acids is 1. The molecule has 0 radical (unpaired) electrons. The molecule has 2 atom stereocenters. The normalized spacial score (nSPS) is 15.7. The minimum absolute atomic E-state index is 0.00819. The summed E-state index contributed by atoms with van der Waals surface area (Å²) in [6.45, 7) is 5.34. The number of rotatable bonds is 6. The molecule has 5 rings (SSSR count). The van der Waals surface area contributed by atoms with Crippen molar-refractivity contribution in [2.75, 3.05) is 18.5 Å². The molecule has 1 heterocycles. The van der Waals surface area contributed by atoms with Crippen LogP contribution in [0.3, 0.4) is 0 Å². The number of nitrogens with one attached hydrogen (secondary N) is 2. The van der Waals surface area contributed by atoms with Crippen LogP contribution in [0.1, 0.15) is 63.9 Å². The molecule has 1 saturated carbocycles. The van der Waals surface area contributed by atoms with E-state index in [9.17, 15) is 4.79 Å². The summed E-state index contributed by atoms with van der Waals surface area (Å²) in [5, 5.41) is 6.06. The van der Waals surface area contributed by atoms with Gasteiger partial charge in [0.15, 0.2) is 11.5 Å². The molecule has 0 spiro atoms. The number of ether oxygens (including phenoxy) is 2. The van der Waals surface area contributed by atoms with Gasteiger partial charge in [0, 0.05) is 17.6 Å². The standard InChI is InChI=1S/C26H28N2O3.C5H10/c1-3-23(18(2)21-11-14-24-25(17-21)31-16-15-30-24)28-26(29)27-22-12-9-20(10-13-22)19-7-5-4-6-8-19;1-2-4-5-3-1/h4-14,17-18,23H,3,15-16H2,1-2H3,(H2,27,28,29);1-5H2. The van der Waals surface area contributed by atoms with Crippen LogP contribution in [0.2, 0.25) is 0 Å². The summed E-state index contributed by atoms with van der Waals surface area (Å²) < 4.78 is 11.3. The zero-order valence-corrected chi connectivity index (χ0v) is 21.5. The zero-order chi connectivity index (χ0) is 25.2. The first-order chi connectivity index (χ1) is 17.6. The third kappa shape index (κ3) is 7.03. The van der Waals surface area contributed by atoms with E-state index in [0.717, 1.165) is 40.3 Å². The Labute approximate surface area is 215 Å².